The smallest absolute Gasteiger partial charge is 0.377 e. The van der Waals surface area contributed by atoms with Crippen molar-refractivity contribution < 1.29 is 14.4 Å². The molecule has 0 aliphatic rings. The Morgan fingerprint density at radius 3 is 2.25 bits per heavy atom. The van der Waals surface area contributed by atoms with E-state index in [0.717, 1.165) is 5.56 Å². The van der Waals surface area contributed by atoms with Gasteiger partial charge in [0.25, 0.3) is 0 Å². The van der Waals surface area contributed by atoms with E-state index in [2.05, 4.69) is 5.16 Å². The molecule has 2 aromatic carbocycles. The van der Waals surface area contributed by atoms with Crippen molar-refractivity contribution in [1.29, 1.82) is 0 Å². The lowest BCUT2D eigenvalue weighted by atomic mass is 10.1. The van der Waals surface area contributed by atoms with E-state index in [9.17, 15) is 4.79 Å². The van der Waals surface area contributed by atoms with Crippen LogP contribution in [0.1, 0.15) is 25.0 Å². The maximum absolute atomic E-state index is 12.2. The van der Waals surface area contributed by atoms with Gasteiger partial charge in [-0.25, -0.2) is 4.79 Å². The van der Waals surface area contributed by atoms with Crippen molar-refractivity contribution in [1.82, 2.24) is 0 Å². The normalized spacial score (nSPS) is 11.9. The third kappa shape index (κ3) is 4.73. The SMILES string of the molecule is Cc1ccc(/C(N)=N/OC(=O)C(C)(C)Oc2ccc(Cl)cc2)cc1. The Labute approximate surface area is 146 Å². The molecule has 2 N–H and O–H groups in total. The summed E-state index contributed by atoms with van der Waals surface area (Å²) < 4.78 is 5.63. The molecule has 0 saturated heterocycles. The van der Waals surface area contributed by atoms with Crippen molar-refractivity contribution in [3.63, 3.8) is 0 Å². The van der Waals surface area contributed by atoms with Crippen LogP contribution in [-0.4, -0.2) is 17.4 Å². The number of carbonyl (C=O) groups is 1. The summed E-state index contributed by atoms with van der Waals surface area (Å²) in [6.07, 6.45) is 0. The summed E-state index contributed by atoms with van der Waals surface area (Å²) in [6.45, 7) is 5.14. The molecule has 0 aliphatic carbocycles. The zero-order chi connectivity index (χ0) is 17.7. The van der Waals surface area contributed by atoms with E-state index in [4.69, 9.17) is 26.9 Å². The fraction of sp³-hybridized carbons (Fsp3) is 0.222. The lowest BCUT2D eigenvalue weighted by Gasteiger charge is -2.22. The van der Waals surface area contributed by atoms with Gasteiger partial charge in [-0.3, -0.25) is 0 Å². The summed E-state index contributed by atoms with van der Waals surface area (Å²) in [5.74, 6) is -0.0463. The zero-order valence-corrected chi connectivity index (χ0v) is 14.5. The molecule has 0 heterocycles. The number of hydrogen-bond acceptors (Lipinski definition) is 4. The van der Waals surface area contributed by atoms with E-state index < -0.39 is 11.6 Å². The number of oxime groups is 1. The second-order valence-electron chi connectivity index (χ2n) is 5.79. The maximum Gasteiger partial charge on any atom is 0.377 e. The van der Waals surface area contributed by atoms with Crippen molar-refractivity contribution in [2.75, 3.05) is 0 Å². The van der Waals surface area contributed by atoms with Gasteiger partial charge in [0.05, 0.1) is 0 Å². The Morgan fingerprint density at radius 2 is 1.67 bits per heavy atom. The number of halogens is 1. The molecular formula is C18H19ClN2O3. The Morgan fingerprint density at radius 1 is 1.08 bits per heavy atom. The summed E-state index contributed by atoms with van der Waals surface area (Å²) in [5, 5.41) is 4.27. The lowest BCUT2D eigenvalue weighted by Crippen LogP contribution is -2.39. The molecule has 0 saturated carbocycles. The van der Waals surface area contributed by atoms with E-state index in [1.165, 1.54) is 0 Å². The second-order valence-corrected chi connectivity index (χ2v) is 6.22. The first-order valence-corrected chi connectivity index (χ1v) is 7.72. The third-order valence-electron chi connectivity index (χ3n) is 3.25. The molecule has 0 radical (unpaired) electrons. The van der Waals surface area contributed by atoms with Gasteiger partial charge in [-0.05, 0) is 45.0 Å². The number of nitrogens with zero attached hydrogens (tertiary/aromatic N) is 1. The van der Waals surface area contributed by atoms with Crippen molar-refractivity contribution in [3.05, 3.63) is 64.7 Å². The van der Waals surface area contributed by atoms with Crippen LogP contribution in [0, 0.1) is 6.92 Å². The van der Waals surface area contributed by atoms with Gasteiger partial charge in [-0.2, -0.15) is 0 Å². The molecule has 126 valence electrons. The van der Waals surface area contributed by atoms with E-state index in [1.54, 1.807) is 50.2 Å². The predicted octanol–water partition coefficient (Wildman–Crippen LogP) is 3.67. The molecule has 0 spiro atoms. The van der Waals surface area contributed by atoms with Crippen LogP contribution in [0.15, 0.2) is 53.7 Å². The molecule has 0 unspecified atom stereocenters. The lowest BCUT2D eigenvalue weighted by molar-refractivity contribution is -0.159. The fourth-order valence-electron chi connectivity index (χ4n) is 1.82. The van der Waals surface area contributed by atoms with Gasteiger partial charge < -0.3 is 15.3 Å². The molecule has 5 nitrogen and oxygen atoms in total. The van der Waals surface area contributed by atoms with Crippen LogP contribution >= 0.6 is 11.6 Å². The van der Waals surface area contributed by atoms with Crippen LogP contribution in [-0.2, 0) is 9.63 Å². The molecule has 0 atom stereocenters. The highest BCUT2D eigenvalue weighted by molar-refractivity contribution is 6.30. The first-order valence-electron chi connectivity index (χ1n) is 7.34. The van der Waals surface area contributed by atoms with Crippen LogP contribution in [0.4, 0.5) is 0 Å². The number of benzene rings is 2. The largest absolute Gasteiger partial charge is 0.476 e. The number of nitrogens with two attached hydrogens (primary N) is 1. The Hall–Kier alpha value is -2.53. The van der Waals surface area contributed by atoms with Crippen LogP contribution < -0.4 is 10.5 Å². The second kappa shape index (κ2) is 7.36. The average molecular weight is 347 g/mol. The molecule has 2 rings (SSSR count). The van der Waals surface area contributed by atoms with Gasteiger partial charge in [0.15, 0.2) is 5.84 Å². The standard InChI is InChI=1S/C18H19ClN2O3/c1-12-4-6-13(7-5-12)16(20)21-24-17(22)18(2,3)23-15-10-8-14(19)9-11-15/h4-11H,1-3H3,(H2,20,21). The molecule has 0 aliphatic heterocycles. The highest BCUT2D eigenvalue weighted by atomic mass is 35.5. The highest BCUT2D eigenvalue weighted by Gasteiger charge is 2.32. The molecule has 0 bridgehead atoms. The number of carbonyl (C=O) groups excluding carboxylic acids is 1. The van der Waals surface area contributed by atoms with Crippen molar-refractivity contribution in [2.24, 2.45) is 10.9 Å². The van der Waals surface area contributed by atoms with Crippen LogP contribution in [0.25, 0.3) is 0 Å². The quantitative estimate of drug-likeness (QED) is 0.388. The summed E-state index contributed by atoms with van der Waals surface area (Å²) in [5.41, 5.74) is 6.36. The minimum atomic E-state index is -1.23. The van der Waals surface area contributed by atoms with Gasteiger partial charge in [-0.15, -0.1) is 0 Å². The van der Waals surface area contributed by atoms with Crippen LogP contribution in [0.5, 0.6) is 5.75 Å². The Kier molecular flexibility index (Phi) is 5.46. The maximum atomic E-state index is 12.2. The Balaban J connectivity index is 2.02. The number of aryl methyl sites for hydroxylation is 1. The number of ether oxygens (including phenoxy) is 1. The van der Waals surface area contributed by atoms with Crippen LogP contribution in [0.2, 0.25) is 5.02 Å². The summed E-state index contributed by atoms with van der Waals surface area (Å²) in [6, 6.07) is 14.1. The number of amidine groups is 1. The van der Waals surface area contributed by atoms with E-state index >= 15 is 0 Å². The molecule has 0 fully saturated rings. The molecule has 0 amide bonds. The topological polar surface area (TPSA) is 73.9 Å². The minimum Gasteiger partial charge on any atom is -0.476 e. The van der Waals surface area contributed by atoms with E-state index in [0.29, 0.717) is 16.3 Å². The van der Waals surface area contributed by atoms with Gasteiger partial charge in [0.2, 0.25) is 5.60 Å². The summed E-state index contributed by atoms with van der Waals surface area (Å²) in [7, 11) is 0. The average Bonchev–Trinajstić information content (AvgIpc) is 2.55. The molecule has 2 aromatic rings. The number of rotatable bonds is 5. The van der Waals surface area contributed by atoms with Gasteiger partial charge in [0, 0.05) is 10.6 Å². The van der Waals surface area contributed by atoms with E-state index in [1.807, 2.05) is 19.1 Å². The van der Waals surface area contributed by atoms with Gasteiger partial charge in [-0.1, -0.05) is 46.6 Å². The van der Waals surface area contributed by atoms with Crippen molar-refractivity contribution >= 4 is 23.4 Å². The molecular weight excluding hydrogens is 328 g/mol. The zero-order valence-electron chi connectivity index (χ0n) is 13.7. The minimum absolute atomic E-state index is 0.116. The number of hydrogen-bond donors (Lipinski definition) is 1. The fourth-order valence-corrected chi connectivity index (χ4v) is 1.94. The highest BCUT2D eigenvalue weighted by Crippen LogP contribution is 2.21. The monoisotopic (exact) mass is 346 g/mol. The molecule has 0 aromatic heterocycles. The first kappa shape index (κ1) is 17.8. The van der Waals surface area contributed by atoms with E-state index in [-0.39, 0.29) is 5.84 Å². The molecule has 24 heavy (non-hydrogen) atoms. The molecule has 6 heteroatoms. The third-order valence-corrected chi connectivity index (χ3v) is 3.50. The van der Waals surface area contributed by atoms with Crippen molar-refractivity contribution in [2.45, 2.75) is 26.4 Å². The summed E-state index contributed by atoms with van der Waals surface area (Å²) >= 11 is 5.82. The Bertz CT molecular complexity index is 738. The van der Waals surface area contributed by atoms with Gasteiger partial charge >= 0.3 is 5.97 Å². The summed E-state index contributed by atoms with van der Waals surface area (Å²) in [4.78, 5) is 17.1. The van der Waals surface area contributed by atoms with Crippen LogP contribution in [0.3, 0.4) is 0 Å². The first-order chi connectivity index (χ1) is 11.3. The van der Waals surface area contributed by atoms with Gasteiger partial charge in [0.1, 0.15) is 5.75 Å². The van der Waals surface area contributed by atoms with Crippen molar-refractivity contribution in [3.8, 4) is 5.75 Å². The predicted molar refractivity (Wildman–Crippen MR) is 94.2 cm³/mol.